The molecule has 0 saturated carbocycles. The number of hydrogen-bond acceptors (Lipinski definition) is 5. The fourth-order valence-electron chi connectivity index (χ4n) is 1.52. The molecule has 1 aromatic heterocycles. The van der Waals surface area contributed by atoms with E-state index in [2.05, 4.69) is 10.3 Å². The Morgan fingerprint density at radius 1 is 1.45 bits per heavy atom. The van der Waals surface area contributed by atoms with Gasteiger partial charge in [-0.2, -0.15) is 11.8 Å². The Labute approximate surface area is 122 Å². The molecule has 1 rings (SSSR count). The van der Waals surface area contributed by atoms with E-state index in [0.29, 0.717) is 17.7 Å². The number of carboxylic acids is 1. The van der Waals surface area contributed by atoms with Crippen molar-refractivity contribution in [2.75, 3.05) is 31.0 Å². The molecule has 0 aliphatic carbocycles. The summed E-state index contributed by atoms with van der Waals surface area (Å²) in [6, 6.07) is 2.47. The summed E-state index contributed by atoms with van der Waals surface area (Å²) in [4.78, 5) is 29.0. The van der Waals surface area contributed by atoms with Crippen molar-refractivity contribution in [1.82, 2.24) is 10.3 Å². The summed E-state index contributed by atoms with van der Waals surface area (Å²) in [6.45, 7) is 0. The number of nitrogens with one attached hydrogen (secondary N) is 1. The van der Waals surface area contributed by atoms with Gasteiger partial charge in [-0.15, -0.1) is 0 Å². The average Bonchev–Trinajstić information content (AvgIpc) is 2.42. The Morgan fingerprint density at radius 2 is 2.15 bits per heavy atom. The molecule has 0 fully saturated rings. The summed E-state index contributed by atoms with van der Waals surface area (Å²) < 4.78 is 0. The molecular formula is C13H19N3O3S. The minimum absolute atomic E-state index is 0.353. The van der Waals surface area contributed by atoms with Gasteiger partial charge in [0.25, 0.3) is 5.91 Å². The third-order valence-corrected chi connectivity index (χ3v) is 3.33. The molecule has 0 radical (unpaired) electrons. The lowest BCUT2D eigenvalue weighted by Crippen LogP contribution is -2.41. The molecule has 1 aromatic rings. The van der Waals surface area contributed by atoms with Gasteiger partial charge in [0.05, 0.1) is 5.56 Å². The van der Waals surface area contributed by atoms with E-state index in [4.69, 9.17) is 5.11 Å². The molecule has 0 aliphatic rings. The molecule has 0 spiro atoms. The van der Waals surface area contributed by atoms with Crippen LogP contribution in [0.15, 0.2) is 18.3 Å². The van der Waals surface area contributed by atoms with E-state index in [-0.39, 0.29) is 0 Å². The Hall–Kier alpha value is -1.76. The number of carbonyl (C=O) groups is 2. The van der Waals surface area contributed by atoms with Crippen LogP contribution < -0.4 is 10.2 Å². The van der Waals surface area contributed by atoms with E-state index in [1.807, 2.05) is 25.3 Å². The van der Waals surface area contributed by atoms with Crippen LogP contribution in [0.1, 0.15) is 16.8 Å². The number of aliphatic carboxylic acids is 1. The maximum atomic E-state index is 12.0. The molecule has 1 heterocycles. The predicted molar refractivity (Wildman–Crippen MR) is 80.5 cm³/mol. The van der Waals surface area contributed by atoms with E-state index in [0.717, 1.165) is 5.82 Å². The van der Waals surface area contributed by atoms with Crippen LogP contribution in [0, 0.1) is 0 Å². The summed E-state index contributed by atoms with van der Waals surface area (Å²) in [6.07, 6.45) is 3.73. The zero-order valence-corrected chi connectivity index (χ0v) is 12.6. The molecule has 1 atom stereocenters. The predicted octanol–water partition coefficient (Wildman–Crippen LogP) is 1.08. The third kappa shape index (κ3) is 4.73. The van der Waals surface area contributed by atoms with Crippen LogP contribution in [0.5, 0.6) is 0 Å². The third-order valence-electron chi connectivity index (χ3n) is 2.68. The second-order valence-electron chi connectivity index (χ2n) is 4.45. The largest absolute Gasteiger partial charge is 0.480 e. The van der Waals surface area contributed by atoms with Gasteiger partial charge in [-0.25, -0.2) is 9.78 Å². The van der Waals surface area contributed by atoms with Gasteiger partial charge in [-0.3, -0.25) is 4.79 Å². The van der Waals surface area contributed by atoms with E-state index in [9.17, 15) is 9.59 Å². The van der Waals surface area contributed by atoms with Crippen LogP contribution in [0.3, 0.4) is 0 Å². The van der Waals surface area contributed by atoms with Gasteiger partial charge in [0.1, 0.15) is 11.9 Å². The first kappa shape index (κ1) is 16.3. The van der Waals surface area contributed by atoms with E-state index < -0.39 is 17.9 Å². The number of aromatic nitrogens is 1. The number of rotatable bonds is 7. The summed E-state index contributed by atoms with van der Waals surface area (Å²) in [5.74, 6) is -0.0324. The summed E-state index contributed by atoms with van der Waals surface area (Å²) in [5, 5.41) is 11.6. The highest BCUT2D eigenvalue weighted by atomic mass is 32.2. The number of thioether (sulfide) groups is 1. The van der Waals surface area contributed by atoms with Gasteiger partial charge in [0.2, 0.25) is 0 Å². The highest BCUT2D eigenvalue weighted by molar-refractivity contribution is 7.98. The van der Waals surface area contributed by atoms with Crippen molar-refractivity contribution in [3.05, 3.63) is 23.9 Å². The molecule has 1 amide bonds. The molecule has 0 aromatic carbocycles. The molecule has 1 unspecified atom stereocenters. The van der Waals surface area contributed by atoms with Gasteiger partial charge in [0, 0.05) is 20.3 Å². The summed E-state index contributed by atoms with van der Waals surface area (Å²) >= 11 is 1.54. The van der Waals surface area contributed by atoms with Gasteiger partial charge < -0.3 is 15.3 Å². The Balaban J connectivity index is 2.70. The topological polar surface area (TPSA) is 82.5 Å². The summed E-state index contributed by atoms with van der Waals surface area (Å²) in [5.41, 5.74) is 0.353. The lowest BCUT2D eigenvalue weighted by molar-refractivity contribution is -0.139. The van der Waals surface area contributed by atoms with E-state index in [1.165, 1.54) is 6.20 Å². The number of pyridine rings is 1. The first-order valence-electron chi connectivity index (χ1n) is 6.11. The molecule has 110 valence electrons. The van der Waals surface area contributed by atoms with E-state index >= 15 is 0 Å². The molecule has 0 bridgehead atoms. The second-order valence-corrected chi connectivity index (χ2v) is 5.43. The van der Waals surface area contributed by atoms with Gasteiger partial charge >= 0.3 is 5.97 Å². The standard InChI is InChI=1S/C13H19N3O3S/c1-16(2)11-5-4-9(8-14-11)12(17)15-10(13(18)19)6-7-20-3/h4-5,8,10H,6-7H2,1-3H3,(H,15,17)(H,18,19). The highest BCUT2D eigenvalue weighted by Crippen LogP contribution is 2.08. The van der Waals surface area contributed by atoms with Gasteiger partial charge in [0.15, 0.2) is 0 Å². The van der Waals surface area contributed by atoms with Gasteiger partial charge in [-0.1, -0.05) is 0 Å². The maximum Gasteiger partial charge on any atom is 0.326 e. The lowest BCUT2D eigenvalue weighted by atomic mass is 10.2. The van der Waals surface area contributed by atoms with Crippen molar-refractivity contribution in [3.63, 3.8) is 0 Å². The number of hydrogen-bond donors (Lipinski definition) is 2. The minimum Gasteiger partial charge on any atom is -0.480 e. The van der Waals surface area contributed by atoms with Crippen molar-refractivity contribution in [2.24, 2.45) is 0 Å². The molecule has 2 N–H and O–H groups in total. The smallest absolute Gasteiger partial charge is 0.326 e. The normalized spacial score (nSPS) is 11.8. The average molecular weight is 297 g/mol. The van der Waals surface area contributed by atoms with Crippen LogP contribution in [0.4, 0.5) is 5.82 Å². The maximum absolute atomic E-state index is 12.0. The highest BCUT2D eigenvalue weighted by Gasteiger charge is 2.20. The molecular weight excluding hydrogens is 278 g/mol. The van der Waals surface area contributed by atoms with Crippen molar-refractivity contribution >= 4 is 29.5 Å². The van der Waals surface area contributed by atoms with Crippen molar-refractivity contribution < 1.29 is 14.7 Å². The number of carboxylic acid groups (broad SMARTS) is 1. The van der Waals surface area contributed by atoms with E-state index in [1.54, 1.807) is 23.9 Å². The zero-order valence-electron chi connectivity index (χ0n) is 11.8. The van der Waals surface area contributed by atoms with Crippen molar-refractivity contribution in [3.8, 4) is 0 Å². The molecule has 20 heavy (non-hydrogen) atoms. The molecule has 6 nitrogen and oxygen atoms in total. The molecule has 0 aliphatic heterocycles. The zero-order chi connectivity index (χ0) is 15.1. The SMILES string of the molecule is CSCCC(NC(=O)c1ccc(N(C)C)nc1)C(=O)O. The fraction of sp³-hybridized carbons (Fsp3) is 0.462. The monoisotopic (exact) mass is 297 g/mol. The summed E-state index contributed by atoms with van der Waals surface area (Å²) in [7, 11) is 3.70. The molecule has 0 saturated heterocycles. The van der Waals surface area contributed by atoms with Crippen molar-refractivity contribution in [1.29, 1.82) is 0 Å². The minimum atomic E-state index is -1.02. The van der Waals surface area contributed by atoms with Crippen molar-refractivity contribution in [2.45, 2.75) is 12.5 Å². The van der Waals surface area contributed by atoms with Crippen LogP contribution in [-0.4, -0.2) is 54.1 Å². The number of anilines is 1. The Bertz CT molecular complexity index is 462. The van der Waals surface area contributed by atoms with Crippen LogP contribution >= 0.6 is 11.8 Å². The lowest BCUT2D eigenvalue weighted by Gasteiger charge is -2.15. The first-order chi connectivity index (χ1) is 9.45. The fourth-order valence-corrected chi connectivity index (χ4v) is 1.99. The van der Waals surface area contributed by atoms with Crippen LogP contribution in [0.25, 0.3) is 0 Å². The number of carbonyl (C=O) groups excluding carboxylic acids is 1. The Morgan fingerprint density at radius 3 is 2.60 bits per heavy atom. The second kappa shape index (κ2) is 7.74. The number of nitrogens with zero attached hydrogens (tertiary/aromatic N) is 2. The van der Waals surface area contributed by atoms with Gasteiger partial charge in [-0.05, 0) is 30.6 Å². The number of amides is 1. The Kier molecular flexibility index (Phi) is 6.30. The van der Waals surface area contributed by atoms with Crippen LogP contribution in [0.2, 0.25) is 0 Å². The van der Waals surface area contributed by atoms with Crippen LogP contribution in [-0.2, 0) is 4.79 Å². The molecule has 7 heteroatoms. The first-order valence-corrected chi connectivity index (χ1v) is 7.51. The quantitative estimate of drug-likeness (QED) is 0.784.